The third-order valence-corrected chi connectivity index (χ3v) is 3.70. The molecule has 5 nitrogen and oxygen atoms in total. The summed E-state index contributed by atoms with van der Waals surface area (Å²) in [5.74, 6) is 0. The van der Waals surface area contributed by atoms with Crippen LogP contribution in [0.5, 0.6) is 0 Å². The number of nitrogens with zero attached hydrogens (tertiary/aromatic N) is 2. The number of aromatic nitrogens is 2. The lowest BCUT2D eigenvalue weighted by Gasteiger charge is -2.14. The average Bonchev–Trinajstić information content (AvgIpc) is 2.87. The first-order valence-electron chi connectivity index (χ1n) is 6.88. The quantitative estimate of drug-likeness (QED) is 0.887. The highest BCUT2D eigenvalue weighted by molar-refractivity contribution is 5.44. The second-order valence-corrected chi connectivity index (χ2v) is 5.22. The van der Waals surface area contributed by atoms with Crippen LogP contribution in [0.25, 0.3) is 5.69 Å². The molecule has 0 amide bonds. The molecular formula is C15H18N4O. The van der Waals surface area contributed by atoms with Gasteiger partial charge in [-0.3, -0.25) is 14.3 Å². The van der Waals surface area contributed by atoms with Crippen LogP contribution in [0.15, 0.2) is 47.7 Å². The molecule has 1 aliphatic carbocycles. The highest BCUT2D eigenvalue weighted by atomic mass is 16.1. The second-order valence-electron chi connectivity index (χ2n) is 5.22. The van der Waals surface area contributed by atoms with Crippen molar-refractivity contribution < 1.29 is 0 Å². The zero-order valence-corrected chi connectivity index (χ0v) is 11.2. The fourth-order valence-electron chi connectivity index (χ4n) is 2.67. The van der Waals surface area contributed by atoms with Crippen LogP contribution in [0, 0.1) is 0 Å². The van der Waals surface area contributed by atoms with E-state index in [4.69, 9.17) is 5.73 Å². The van der Waals surface area contributed by atoms with Gasteiger partial charge >= 0.3 is 0 Å². The summed E-state index contributed by atoms with van der Waals surface area (Å²) >= 11 is 0. The SMILES string of the molecule is N[C@H]1CC[C@H](Nc2cccn(-c3cccnc3)c2=O)C1. The number of hydrogen-bond donors (Lipinski definition) is 2. The summed E-state index contributed by atoms with van der Waals surface area (Å²) in [7, 11) is 0. The summed E-state index contributed by atoms with van der Waals surface area (Å²) in [6, 6.07) is 7.91. The maximum atomic E-state index is 12.5. The fourth-order valence-corrected chi connectivity index (χ4v) is 2.67. The van der Waals surface area contributed by atoms with Crippen LogP contribution >= 0.6 is 0 Å². The molecule has 0 unspecified atom stereocenters. The molecule has 3 rings (SSSR count). The van der Waals surface area contributed by atoms with Crippen molar-refractivity contribution in [2.45, 2.75) is 31.3 Å². The van der Waals surface area contributed by atoms with Gasteiger partial charge in [0.25, 0.3) is 5.56 Å². The molecule has 5 heteroatoms. The van der Waals surface area contributed by atoms with E-state index in [1.54, 1.807) is 23.2 Å². The average molecular weight is 270 g/mol. The van der Waals surface area contributed by atoms with Crippen LogP contribution in [0.1, 0.15) is 19.3 Å². The summed E-state index contributed by atoms with van der Waals surface area (Å²) in [4.78, 5) is 16.5. The van der Waals surface area contributed by atoms with Gasteiger partial charge in [0.1, 0.15) is 5.69 Å². The van der Waals surface area contributed by atoms with Gasteiger partial charge in [0.15, 0.2) is 0 Å². The molecule has 2 heterocycles. The lowest BCUT2D eigenvalue weighted by molar-refractivity contribution is 0.687. The Bertz CT molecular complexity index is 638. The standard InChI is InChI=1S/C15H18N4O/c16-11-5-6-12(9-11)18-14-4-2-8-19(15(14)20)13-3-1-7-17-10-13/h1-4,7-8,10-12,18H,5-6,9,16H2/t11-,12-/m0/s1. The molecule has 0 aliphatic heterocycles. The molecule has 2 aromatic rings. The van der Waals surface area contributed by atoms with E-state index in [0.29, 0.717) is 11.7 Å². The Labute approximate surface area is 117 Å². The number of pyridine rings is 2. The van der Waals surface area contributed by atoms with Crippen molar-refractivity contribution in [2.75, 3.05) is 5.32 Å². The number of hydrogen-bond acceptors (Lipinski definition) is 4. The molecule has 20 heavy (non-hydrogen) atoms. The predicted octanol–water partition coefficient (Wildman–Crippen LogP) is 1.52. The molecule has 2 atom stereocenters. The summed E-state index contributed by atoms with van der Waals surface area (Å²) in [6.07, 6.45) is 8.07. The molecule has 0 bridgehead atoms. The first-order valence-corrected chi connectivity index (χ1v) is 6.88. The molecule has 0 spiro atoms. The van der Waals surface area contributed by atoms with Gasteiger partial charge < -0.3 is 11.1 Å². The summed E-state index contributed by atoms with van der Waals surface area (Å²) in [5.41, 5.74) is 7.24. The zero-order chi connectivity index (χ0) is 13.9. The van der Waals surface area contributed by atoms with Crippen molar-refractivity contribution >= 4 is 5.69 Å². The zero-order valence-electron chi connectivity index (χ0n) is 11.2. The minimum absolute atomic E-state index is 0.0547. The van der Waals surface area contributed by atoms with Crippen molar-refractivity contribution in [3.05, 3.63) is 53.2 Å². The third kappa shape index (κ3) is 2.58. The molecule has 0 radical (unpaired) electrons. The molecule has 104 valence electrons. The minimum atomic E-state index is -0.0547. The Morgan fingerprint density at radius 2 is 2.20 bits per heavy atom. The number of anilines is 1. The summed E-state index contributed by atoms with van der Waals surface area (Å²) < 4.78 is 1.60. The molecule has 3 N–H and O–H groups in total. The van der Waals surface area contributed by atoms with Crippen LogP contribution < -0.4 is 16.6 Å². The maximum Gasteiger partial charge on any atom is 0.278 e. The van der Waals surface area contributed by atoms with Crippen LogP contribution in [-0.4, -0.2) is 21.6 Å². The van der Waals surface area contributed by atoms with Crippen molar-refractivity contribution in [1.29, 1.82) is 0 Å². The summed E-state index contributed by atoms with van der Waals surface area (Å²) in [5, 5.41) is 3.32. The van der Waals surface area contributed by atoms with Crippen LogP contribution in [0.2, 0.25) is 0 Å². The van der Waals surface area contributed by atoms with E-state index in [9.17, 15) is 4.79 Å². The van der Waals surface area contributed by atoms with E-state index >= 15 is 0 Å². The van der Waals surface area contributed by atoms with Gasteiger partial charge in [-0.05, 0) is 43.5 Å². The lowest BCUT2D eigenvalue weighted by Crippen LogP contribution is -2.27. The second kappa shape index (κ2) is 5.46. The number of nitrogens with two attached hydrogens (primary N) is 1. The lowest BCUT2D eigenvalue weighted by atomic mass is 10.2. The molecular weight excluding hydrogens is 252 g/mol. The van der Waals surface area contributed by atoms with Crippen molar-refractivity contribution in [2.24, 2.45) is 5.73 Å². The largest absolute Gasteiger partial charge is 0.378 e. The van der Waals surface area contributed by atoms with Gasteiger partial charge in [0, 0.05) is 24.5 Å². The monoisotopic (exact) mass is 270 g/mol. The Balaban J connectivity index is 1.88. The highest BCUT2D eigenvalue weighted by Crippen LogP contribution is 2.20. The van der Waals surface area contributed by atoms with E-state index in [-0.39, 0.29) is 11.6 Å². The minimum Gasteiger partial charge on any atom is -0.378 e. The summed E-state index contributed by atoms with van der Waals surface area (Å²) in [6.45, 7) is 0. The first-order chi connectivity index (χ1) is 9.74. The Morgan fingerprint density at radius 1 is 1.30 bits per heavy atom. The van der Waals surface area contributed by atoms with E-state index in [1.165, 1.54) is 0 Å². The van der Waals surface area contributed by atoms with E-state index < -0.39 is 0 Å². The molecule has 1 saturated carbocycles. The van der Waals surface area contributed by atoms with Gasteiger partial charge in [-0.1, -0.05) is 0 Å². The van der Waals surface area contributed by atoms with Gasteiger partial charge in [-0.25, -0.2) is 0 Å². The molecule has 0 saturated heterocycles. The Kier molecular flexibility index (Phi) is 3.52. The maximum absolute atomic E-state index is 12.5. The van der Waals surface area contributed by atoms with E-state index in [2.05, 4.69) is 10.3 Å². The van der Waals surface area contributed by atoms with Crippen molar-refractivity contribution in [3.63, 3.8) is 0 Å². The number of nitrogens with one attached hydrogen (secondary N) is 1. The van der Waals surface area contributed by atoms with Gasteiger partial charge in [0.05, 0.1) is 11.9 Å². The van der Waals surface area contributed by atoms with E-state index in [0.717, 1.165) is 24.9 Å². The van der Waals surface area contributed by atoms with Crippen molar-refractivity contribution in [1.82, 2.24) is 9.55 Å². The highest BCUT2D eigenvalue weighted by Gasteiger charge is 2.22. The molecule has 1 fully saturated rings. The molecule has 0 aromatic carbocycles. The number of rotatable bonds is 3. The van der Waals surface area contributed by atoms with Crippen molar-refractivity contribution in [3.8, 4) is 5.69 Å². The molecule has 1 aliphatic rings. The van der Waals surface area contributed by atoms with Crippen LogP contribution in [-0.2, 0) is 0 Å². The normalized spacial score (nSPS) is 21.9. The topological polar surface area (TPSA) is 72.9 Å². The van der Waals surface area contributed by atoms with E-state index in [1.807, 2.05) is 24.3 Å². The fraction of sp³-hybridized carbons (Fsp3) is 0.333. The first kappa shape index (κ1) is 12.9. The van der Waals surface area contributed by atoms with Gasteiger partial charge in [-0.15, -0.1) is 0 Å². The van der Waals surface area contributed by atoms with Gasteiger partial charge in [0.2, 0.25) is 0 Å². The smallest absolute Gasteiger partial charge is 0.278 e. The van der Waals surface area contributed by atoms with Gasteiger partial charge in [-0.2, -0.15) is 0 Å². The predicted molar refractivity (Wildman–Crippen MR) is 79.1 cm³/mol. The van der Waals surface area contributed by atoms with Crippen LogP contribution in [0.3, 0.4) is 0 Å². The third-order valence-electron chi connectivity index (χ3n) is 3.70. The van der Waals surface area contributed by atoms with Crippen LogP contribution in [0.4, 0.5) is 5.69 Å². The Hall–Kier alpha value is -2.14. The Morgan fingerprint density at radius 3 is 2.90 bits per heavy atom. The molecule has 2 aromatic heterocycles.